The molecule has 0 aromatic rings. The van der Waals surface area contributed by atoms with Gasteiger partial charge in [0.15, 0.2) is 0 Å². The van der Waals surface area contributed by atoms with Crippen LogP contribution in [0.15, 0.2) is 29.5 Å². The molecule has 3 heteroatoms. The van der Waals surface area contributed by atoms with Crippen molar-refractivity contribution < 1.29 is 4.94 Å². The van der Waals surface area contributed by atoms with Gasteiger partial charge < -0.3 is 0 Å². The maximum atomic E-state index is 4.90. The van der Waals surface area contributed by atoms with Crippen LogP contribution in [0.1, 0.15) is 6.42 Å². The van der Waals surface area contributed by atoms with Crippen LogP contribution >= 0.6 is 0 Å². The maximum absolute atomic E-state index is 4.90. The smallest absolute Gasteiger partial charge is 0.104 e. The largest absolute Gasteiger partial charge is 0.297 e. The highest BCUT2D eigenvalue weighted by atomic mass is 16.8. The first-order valence-electron chi connectivity index (χ1n) is 3.54. The zero-order valence-electron chi connectivity index (χ0n) is 6.82. The van der Waals surface area contributed by atoms with Gasteiger partial charge in [-0.15, -0.1) is 5.06 Å². The summed E-state index contributed by atoms with van der Waals surface area (Å²) in [5.74, 6) is 0. The van der Waals surface area contributed by atoms with Crippen LogP contribution in [0, 0.1) is 0 Å². The van der Waals surface area contributed by atoms with Crippen LogP contribution in [0.3, 0.4) is 0 Å². The van der Waals surface area contributed by atoms with E-state index in [2.05, 4.69) is 5.16 Å². The van der Waals surface area contributed by atoms with E-state index < -0.39 is 0 Å². The van der Waals surface area contributed by atoms with Crippen molar-refractivity contribution in [3.63, 3.8) is 0 Å². The second-order valence-electron chi connectivity index (χ2n) is 2.45. The number of rotatable bonds is 2. The van der Waals surface area contributed by atoms with E-state index in [1.165, 1.54) is 0 Å². The molecule has 1 aliphatic rings. The third-order valence-electron chi connectivity index (χ3n) is 1.16. The maximum Gasteiger partial charge on any atom is 0.104 e. The topological polar surface area (TPSA) is 24.8 Å². The third kappa shape index (κ3) is 3.00. The molecule has 0 spiro atoms. The molecule has 3 nitrogen and oxygen atoms in total. The van der Waals surface area contributed by atoms with Crippen LogP contribution in [-0.4, -0.2) is 24.9 Å². The molecule has 0 aromatic carbocycles. The number of nitrogens with zero attached hydrogens (tertiary/aromatic N) is 2. The summed E-state index contributed by atoms with van der Waals surface area (Å²) in [7, 11) is 3.58. The number of hydroxylamine groups is 2. The lowest BCUT2D eigenvalue weighted by Gasteiger charge is -2.05. The minimum absolute atomic E-state index is 0.852. The number of oxime groups is 1. The molecule has 0 aliphatic heterocycles. The minimum Gasteiger partial charge on any atom is -0.297 e. The fourth-order valence-corrected chi connectivity index (χ4v) is 0.701. The average molecular weight is 152 g/mol. The molecule has 1 rings (SSSR count). The molecule has 0 heterocycles. The standard InChI is InChI=1S/C8H12N2O/c1-10(2)11-9-8-6-4-3-5-7-8/h4-7H,3H2,1-2H3. The highest BCUT2D eigenvalue weighted by Crippen LogP contribution is 1.98. The fraction of sp³-hybridized carbons (Fsp3) is 0.375. The van der Waals surface area contributed by atoms with Gasteiger partial charge in [-0.05, 0) is 18.6 Å². The fourth-order valence-electron chi connectivity index (χ4n) is 0.701. The normalized spacial score (nSPS) is 15.7. The van der Waals surface area contributed by atoms with Gasteiger partial charge in [-0.25, -0.2) is 0 Å². The van der Waals surface area contributed by atoms with E-state index in [1.54, 1.807) is 19.2 Å². The Kier molecular flexibility index (Phi) is 2.86. The zero-order valence-corrected chi connectivity index (χ0v) is 6.82. The third-order valence-corrected chi connectivity index (χ3v) is 1.16. The van der Waals surface area contributed by atoms with Crippen molar-refractivity contribution in [1.82, 2.24) is 5.06 Å². The van der Waals surface area contributed by atoms with Gasteiger partial charge in [0.05, 0.1) is 0 Å². The molecule has 0 bridgehead atoms. The molecule has 60 valence electrons. The molecule has 0 saturated heterocycles. The van der Waals surface area contributed by atoms with Crippen molar-refractivity contribution in [3.8, 4) is 0 Å². The lowest BCUT2D eigenvalue weighted by molar-refractivity contribution is -0.118. The molecule has 1 aliphatic carbocycles. The van der Waals surface area contributed by atoms with Crippen LogP contribution in [0.4, 0.5) is 0 Å². The Balaban J connectivity index is 2.45. The first-order valence-corrected chi connectivity index (χ1v) is 3.54. The zero-order chi connectivity index (χ0) is 8.10. The van der Waals surface area contributed by atoms with E-state index in [-0.39, 0.29) is 0 Å². The predicted octanol–water partition coefficient (Wildman–Crippen LogP) is 1.35. The average Bonchev–Trinajstić information content (AvgIpc) is 2.03. The summed E-state index contributed by atoms with van der Waals surface area (Å²) in [5, 5.41) is 5.40. The highest BCUT2D eigenvalue weighted by Gasteiger charge is 1.93. The molecule has 0 N–H and O–H groups in total. The van der Waals surface area contributed by atoms with Gasteiger partial charge in [-0.1, -0.05) is 17.3 Å². The van der Waals surface area contributed by atoms with Crippen LogP contribution < -0.4 is 0 Å². The van der Waals surface area contributed by atoms with Crippen molar-refractivity contribution in [2.75, 3.05) is 14.1 Å². The summed E-state index contributed by atoms with van der Waals surface area (Å²) in [4.78, 5) is 4.90. The number of hydrogen-bond donors (Lipinski definition) is 0. The van der Waals surface area contributed by atoms with Gasteiger partial charge in [0.25, 0.3) is 0 Å². The molecule has 0 fully saturated rings. The number of allylic oxidation sites excluding steroid dienone is 4. The van der Waals surface area contributed by atoms with Crippen LogP contribution in [-0.2, 0) is 4.94 Å². The molecular formula is C8H12N2O. The Morgan fingerprint density at radius 1 is 1.36 bits per heavy atom. The Morgan fingerprint density at radius 3 is 2.55 bits per heavy atom. The molecule has 0 saturated carbocycles. The van der Waals surface area contributed by atoms with Crippen LogP contribution in [0.5, 0.6) is 0 Å². The number of hydrogen-bond acceptors (Lipinski definition) is 3. The Bertz CT molecular complexity index is 190. The molecule has 0 amide bonds. The monoisotopic (exact) mass is 152 g/mol. The first-order chi connectivity index (χ1) is 5.29. The molecule has 0 unspecified atom stereocenters. The van der Waals surface area contributed by atoms with E-state index in [4.69, 9.17) is 4.94 Å². The first kappa shape index (κ1) is 8.01. The van der Waals surface area contributed by atoms with Crippen molar-refractivity contribution >= 4 is 5.71 Å². The van der Waals surface area contributed by atoms with E-state index in [0.717, 1.165) is 12.1 Å². The van der Waals surface area contributed by atoms with Gasteiger partial charge in [0, 0.05) is 14.1 Å². The van der Waals surface area contributed by atoms with Crippen molar-refractivity contribution in [3.05, 3.63) is 24.3 Å². The second-order valence-corrected chi connectivity index (χ2v) is 2.45. The molecule has 11 heavy (non-hydrogen) atoms. The van der Waals surface area contributed by atoms with Gasteiger partial charge in [0.2, 0.25) is 0 Å². The van der Waals surface area contributed by atoms with Crippen molar-refractivity contribution in [2.24, 2.45) is 5.16 Å². The van der Waals surface area contributed by atoms with E-state index in [9.17, 15) is 0 Å². The summed E-state index contributed by atoms with van der Waals surface area (Å²) in [6, 6.07) is 0. The second kappa shape index (κ2) is 3.93. The summed E-state index contributed by atoms with van der Waals surface area (Å²) < 4.78 is 0. The summed E-state index contributed by atoms with van der Waals surface area (Å²) in [6.45, 7) is 0. The van der Waals surface area contributed by atoms with Gasteiger partial charge in [-0.3, -0.25) is 4.94 Å². The van der Waals surface area contributed by atoms with Crippen molar-refractivity contribution in [2.45, 2.75) is 6.42 Å². The van der Waals surface area contributed by atoms with E-state index in [0.29, 0.717) is 0 Å². The van der Waals surface area contributed by atoms with Gasteiger partial charge >= 0.3 is 0 Å². The predicted molar refractivity (Wildman–Crippen MR) is 45.1 cm³/mol. The quantitative estimate of drug-likeness (QED) is 0.558. The minimum atomic E-state index is 0.852. The molecule has 0 radical (unpaired) electrons. The van der Waals surface area contributed by atoms with Crippen LogP contribution in [0.2, 0.25) is 0 Å². The molecule has 0 aromatic heterocycles. The SMILES string of the molecule is CN(C)ON=C1C=CCC=C1. The molecular weight excluding hydrogens is 140 g/mol. The summed E-state index contributed by atoms with van der Waals surface area (Å²) in [6.07, 6.45) is 8.93. The van der Waals surface area contributed by atoms with Gasteiger partial charge in [-0.2, -0.15) is 0 Å². The highest BCUT2D eigenvalue weighted by molar-refractivity contribution is 6.04. The van der Waals surface area contributed by atoms with E-state index in [1.807, 2.05) is 24.3 Å². The van der Waals surface area contributed by atoms with Crippen LogP contribution in [0.25, 0.3) is 0 Å². The lowest BCUT2D eigenvalue weighted by Crippen LogP contribution is -2.09. The summed E-state index contributed by atoms with van der Waals surface area (Å²) in [5.41, 5.74) is 0.852. The molecule has 0 atom stereocenters. The Hall–Kier alpha value is -1.09. The lowest BCUT2D eigenvalue weighted by atomic mass is 10.2. The summed E-state index contributed by atoms with van der Waals surface area (Å²) >= 11 is 0. The van der Waals surface area contributed by atoms with Gasteiger partial charge in [0.1, 0.15) is 5.71 Å². The Morgan fingerprint density at radius 2 is 2.00 bits per heavy atom. The van der Waals surface area contributed by atoms with Crippen molar-refractivity contribution in [1.29, 1.82) is 0 Å². The van der Waals surface area contributed by atoms with E-state index >= 15 is 0 Å². The Labute approximate surface area is 66.6 Å².